The summed E-state index contributed by atoms with van der Waals surface area (Å²) in [4.78, 5) is 30.6. The van der Waals surface area contributed by atoms with E-state index in [0.29, 0.717) is 6.61 Å². The van der Waals surface area contributed by atoms with E-state index in [-0.39, 0.29) is 61.5 Å². The summed E-state index contributed by atoms with van der Waals surface area (Å²) < 4.78 is 4.97. The smallest absolute Gasteiger partial charge is 0.246 e. The predicted molar refractivity (Wildman–Crippen MR) is 120 cm³/mol. The van der Waals surface area contributed by atoms with Crippen LogP contribution in [0.5, 0.6) is 0 Å². The third kappa shape index (κ3) is 25.4. The van der Waals surface area contributed by atoms with Gasteiger partial charge in [0.25, 0.3) is 0 Å². The lowest BCUT2D eigenvalue weighted by atomic mass is 10.2. The standard InChI is InChI=1S/C6H12ClNO2.C6H11NO2.C4H11NO.C2H2Cl2O/c1-2-5(4-9)8-6(10)3-7;1-2-5-3-9-4-6(8)7-5;1-2-4(5)3-6;3-1-2(4)5/h5,9H,2-4H2,1H3,(H,8,10);5H,2-4H2,1H3,(H,7,8);4,6H,2-3,5H2,1H3;1H2/t2*5-;4-;/m000./s1. The van der Waals surface area contributed by atoms with Crippen LogP contribution in [0.25, 0.3) is 0 Å². The number of aliphatic hydroxyl groups is 2. The molecule has 1 rings (SSSR count). The fourth-order valence-corrected chi connectivity index (χ4v) is 1.57. The minimum atomic E-state index is -0.508. The number of rotatable bonds is 8. The van der Waals surface area contributed by atoms with Crippen LogP contribution in [0.15, 0.2) is 0 Å². The third-order valence-corrected chi connectivity index (χ3v) is 4.23. The van der Waals surface area contributed by atoms with Crippen molar-refractivity contribution >= 4 is 51.9 Å². The Labute approximate surface area is 193 Å². The van der Waals surface area contributed by atoms with Gasteiger partial charge in [0.2, 0.25) is 17.1 Å². The molecule has 30 heavy (non-hydrogen) atoms. The Hall–Kier alpha value is -0.680. The molecule has 1 heterocycles. The molecular weight excluding hydrogens is 461 g/mol. The summed E-state index contributed by atoms with van der Waals surface area (Å²) >= 11 is 14.8. The molecule has 12 heteroatoms. The summed E-state index contributed by atoms with van der Waals surface area (Å²) in [6.45, 7) is 6.84. The maximum atomic E-state index is 10.6. The first kappa shape index (κ1) is 33.9. The highest BCUT2D eigenvalue weighted by Crippen LogP contribution is 1.96. The van der Waals surface area contributed by atoms with Gasteiger partial charge >= 0.3 is 0 Å². The molecule has 0 saturated carbocycles. The summed E-state index contributed by atoms with van der Waals surface area (Å²) in [6.07, 6.45) is 2.53. The van der Waals surface area contributed by atoms with E-state index in [1.54, 1.807) is 0 Å². The Morgan fingerprint density at radius 2 is 1.77 bits per heavy atom. The van der Waals surface area contributed by atoms with E-state index in [4.69, 9.17) is 55.5 Å². The van der Waals surface area contributed by atoms with Crippen LogP contribution in [-0.2, 0) is 19.1 Å². The quantitative estimate of drug-likeness (QED) is 0.245. The van der Waals surface area contributed by atoms with Crippen molar-refractivity contribution in [2.75, 3.05) is 38.2 Å². The molecule has 3 atom stereocenters. The monoisotopic (exact) mass is 495 g/mol. The predicted octanol–water partition coefficient (Wildman–Crippen LogP) is 0.730. The molecule has 0 aromatic heterocycles. The number of carbonyl (C=O) groups excluding carboxylic acids is 3. The normalized spacial score (nSPS) is 16.7. The van der Waals surface area contributed by atoms with Crippen LogP contribution < -0.4 is 16.4 Å². The number of halogens is 3. The maximum absolute atomic E-state index is 10.6. The van der Waals surface area contributed by atoms with Gasteiger partial charge in [-0.05, 0) is 30.9 Å². The summed E-state index contributed by atoms with van der Waals surface area (Å²) in [7, 11) is 0. The molecule has 180 valence electrons. The summed E-state index contributed by atoms with van der Waals surface area (Å²) in [5.41, 5.74) is 5.22. The molecular formula is C18H36Cl3N3O6. The molecule has 0 spiro atoms. The van der Waals surface area contributed by atoms with Crippen molar-refractivity contribution in [2.45, 2.75) is 58.2 Å². The number of nitrogens with one attached hydrogen (secondary N) is 2. The number of carbonyl (C=O) groups is 3. The average molecular weight is 497 g/mol. The van der Waals surface area contributed by atoms with Gasteiger partial charge in [-0.2, -0.15) is 0 Å². The Morgan fingerprint density at radius 1 is 1.20 bits per heavy atom. The Morgan fingerprint density at radius 3 is 2.00 bits per heavy atom. The molecule has 0 unspecified atom stereocenters. The van der Waals surface area contributed by atoms with E-state index in [2.05, 4.69) is 10.6 Å². The second-order valence-electron chi connectivity index (χ2n) is 6.02. The van der Waals surface area contributed by atoms with Crippen LogP contribution in [0.3, 0.4) is 0 Å². The van der Waals surface area contributed by atoms with Gasteiger partial charge in [-0.15, -0.1) is 23.2 Å². The molecule has 1 aliphatic heterocycles. The van der Waals surface area contributed by atoms with Crippen LogP contribution in [0.4, 0.5) is 0 Å². The second-order valence-corrected chi connectivity index (χ2v) is 6.97. The molecule has 0 bridgehead atoms. The summed E-state index contributed by atoms with van der Waals surface area (Å²) in [5.74, 6) is -0.367. The first-order valence-electron chi connectivity index (χ1n) is 9.59. The molecule has 6 N–H and O–H groups in total. The lowest BCUT2D eigenvalue weighted by Crippen LogP contribution is -2.45. The van der Waals surface area contributed by atoms with Crippen molar-refractivity contribution in [3.05, 3.63) is 0 Å². The van der Waals surface area contributed by atoms with E-state index in [9.17, 15) is 14.4 Å². The van der Waals surface area contributed by atoms with Crippen LogP contribution in [-0.4, -0.2) is 83.6 Å². The van der Waals surface area contributed by atoms with E-state index >= 15 is 0 Å². The molecule has 0 aromatic rings. The van der Waals surface area contributed by atoms with Gasteiger partial charge in [0.1, 0.15) is 12.5 Å². The van der Waals surface area contributed by atoms with E-state index < -0.39 is 5.24 Å². The van der Waals surface area contributed by atoms with Gasteiger partial charge in [-0.25, -0.2) is 0 Å². The van der Waals surface area contributed by atoms with Crippen LogP contribution >= 0.6 is 34.8 Å². The second kappa shape index (κ2) is 24.6. The lowest BCUT2D eigenvalue weighted by molar-refractivity contribution is -0.131. The number of hydrogen-bond acceptors (Lipinski definition) is 7. The largest absolute Gasteiger partial charge is 0.395 e. The van der Waals surface area contributed by atoms with Crippen LogP contribution in [0.1, 0.15) is 40.0 Å². The Balaban J connectivity index is -0.000000337. The fourth-order valence-electron chi connectivity index (χ4n) is 1.50. The van der Waals surface area contributed by atoms with Crippen molar-refractivity contribution in [3.63, 3.8) is 0 Å². The van der Waals surface area contributed by atoms with Gasteiger partial charge in [0.05, 0.1) is 37.8 Å². The molecule has 1 saturated heterocycles. The van der Waals surface area contributed by atoms with E-state index in [1.807, 2.05) is 20.8 Å². The Kier molecular flexibility index (Phi) is 27.8. The van der Waals surface area contributed by atoms with Crippen LogP contribution in [0, 0.1) is 0 Å². The van der Waals surface area contributed by atoms with Gasteiger partial charge in [0.15, 0.2) is 0 Å². The van der Waals surface area contributed by atoms with Crippen molar-refractivity contribution in [1.82, 2.24) is 10.6 Å². The van der Waals surface area contributed by atoms with Crippen molar-refractivity contribution in [2.24, 2.45) is 5.73 Å². The molecule has 2 amide bonds. The van der Waals surface area contributed by atoms with E-state index in [0.717, 1.165) is 19.3 Å². The number of nitrogens with two attached hydrogens (primary N) is 1. The Bertz CT molecular complexity index is 439. The molecule has 1 aliphatic rings. The molecule has 1 fully saturated rings. The molecule has 0 aromatic carbocycles. The highest BCUT2D eigenvalue weighted by molar-refractivity contribution is 6.67. The number of ether oxygens (including phenoxy) is 1. The number of morpholine rings is 1. The van der Waals surface area contributed by atoms with Crippen molar-refractivity contribution < 1.29 is 29.3 Å². The first-order chi connectivity index (χ1) is 14.1. The maximum Gasteiger partial charge on any atom is 0.246 e. The minimum absolute atomic E-state index is 0.00750. The zero-order valence-corrected chi connectivity index (χ0v) is 20.1. The first-order valence-corrected chi connectivity index (χ1v) is 11.0. The zero-order chi connectivity index (χ0) is 23.9. The molecule has 0 radical (unpaired) electrons. The highest BCUT2D eigenvalue weighted by Gasteiger charge is 2.15. The third-order valence-electron chi connectivity index (χ3n) is 3.47. The van der Waals surface area contributed by atoms with Gasteiger partial charge in [0, 0.05) is 6.04 Å². The topological polar surface area (TPSA) is 151 Å². The fraction of sp³-hybridized carbons (Fsp3) is 0.833. The van der Waals surface area contributed by atoms with Gasteiger partial charge in [-0.3, -0.25) is 14.4 Å². The lowest BCUT2D eigenvalue weighted by Gasteiger charge is -2.21. The summed E-state index contributed by atoms with van der Waals surface area (Å²) in [6, 6.07) is 0.0856. The minimum Gasteiger partial charge on any atom is -0.395 e. The van der Waals surface area contributed by atoms with Crippen molar-refractivity contribution in [1.29, 1.82) is 0 Å². The number of hydrogen-bond donors (Lipinski definition) is 5. The molecule has 0 aliphatic carbocycles. The van der Waals surface area contributed by atoms with Crippen LogP contribution in [0.2, 0.25) is 0 Å². The van der Waals surface area contributed by atoms with Gasteiger partial charge in [-0.1, -0.05) is 20.8 Å². The highest BCUT2D eigenvalue weighted by atomic mass is 35.5. The van der Waals surface area contributed by atoms with Crippen molar-refractivity contribution in [3.8, 4) is 0 Å². The molecule has 9 nitrogen and oxygen atoms in total. The number of alkyl halides is 2. The zero-order valence-electron chi connectivity index (χ0n) is 17.8. The van der Waals surface area contributed by atoms with Gasteiger partial charge < -0.3 is 31.3 Å². The number of amides is 2. The average Bonchev–Trinajstić information content (AvgIpc) is 2.77. The van der Waals surface area contributed by atoms with E-state index in [1.165, 1.54) is 0 Å². The number of aliphatic hydroxyl groups excluding tert-OH is 2. The summed E-state index contributed by atoms with van der Waals surface area (Å²) in [5, 5.41) is 21.7. The SMILES string of the molecule is CC[C@@H](CO)NC(=O)CCl.CC[C@H](N)CO.CC[C@H]1COCC(=O)N1.O=C(Cl)CCl.